The fourth-order valence-electron chi connectivity index (χ4n) is 2.72. The zero-order valence-corrected chi connectivity index (χ0v) is 14.4. The van der Waals surface area contributed by atoms with Crippen molar-refractivity contribution < 1.29 is 4.74 Å². The van der Waals surface area contributed by atoms with Crippen LogP contribution in [-0.2, 0) is 6.54 Å². The van der Waals surface area contributed by atoms with Crippen LogP contribution < -0.4 is 10.3 Å². The van der Waals surface area contributed by atoms with E-state index in [0.717, 1.165) is 28.1 Å². The van der Waals surface area contributed by atoms with Crippen molar-refractivity contribution in [1.82, 2.24) is 4.57 Å². The SMILES string of the molecule is COc1ccc(-c2ccc(=O)n(Cc3ccc(Cl)cc3)c2C)cc1. The summed E-state index contributed by atoms with van der Waals surface area (Å²) in [4.78, 5) is 12.3. The molecule has 0 aliphatic heterocycles. The van der Waals surface area contributed by atoms with E-state index in [0.29, 0.717) is 11.6 Å². The molecule has 24 heavy (non-hydrogen) atoms. The second-order valence-electron chi connectivity index (χ2n) is 5.61. The standard InChI is InChI=1S/C20H18ClNO2/c1-14-19(16-5-9-18(24-2)10-6-16)11-12-20(23)22(14)13-15-3-7-17(21)8-4-15/h3-12H,13H2,1-2H3. The van der Waals surface area contributed by atoms with Gasteiger partial charge in [0.1, 0.15) is 5.75 Å². The Morgan fingerprint density at radius 3 is 2.25 bits per heavy atom. The molecule has 0 aliphatic carbocycles. The van der Waals surface area contributed by atoms with Crippen molar-refractivity contribution in [1.29, 1.82) is 0 Å². The molecule has 0 saturated heterocycles. The van der Waals surface area contributed by atoms with Gasteiger partial charge in [0.05, 0.1) is 13.7 Å². The van der Waals surface area contributed by atoms with Gasteiger partial charge in [0.2, 0.25) is 0 Å². The van der Waals surface area contributed by atoms with Gasteiger partial charge in [0, 0.05) is 22.3 Å². The molecule has 122 valence electrons. The number of nitrogens with zero attached hydrogens (tertiary/aromatic N) is 1. The molecule has 0 aliphatic rings. The summed E-state index contributed by atoms with van der Waals surface area (Å²) in [5.74, 6) is 0.811. The Bertz CT molecular complexity index is 896. The lowest BCUT2D eigenvalue weighted by Crippen LogP contribution is -2.22. The maximum absolute atomic E-state index is 12.3. The highest BCUT2D eigenvalue weighted by atomic mass is 35.5. The zero-order valence-electron chi connectivity index (χ0n) is 13.6. The van der Waals surface area contributed by atoms with Crippen LogP contribution in [0.15, 0.2) is 65.5 Å². The molecule has 0 spiro atoms. The molecule has 0 amide bonds. The number of benzene rings is 2. The average molecular weight is 340 g/mol. The van der Waals surface area contributed by atoms with Crippen molar-refractivity contribution in [2.24, 2.45) is 0 Å². The summed E-state index contributed by atoms with van der Waals surface area (Å²) < 4.78 is 6.98. The fraction of sp³-hybridized carbons (Fsp3) is 0.150. The van der Waals surface area contributed by atoms with Crippen molar-refractivity contribution in [3.8, 4) is 16.9 Å². The Morgan fingerprint density at radius 2 is 1.62 bits per heavy atom. The molecule has 3 aromatic rings. The number of rotatable bonds is 4. The third kappa shape index (κ3) is 3.36. The third-order valence-corrected chi connectivity index (χ3v) is 4.36. The molecule has 0 fully saturated rings. The number of pyridine rings is 1. The number of hydrogen-bond acceptors (Lipinski definition) is 2. The molecule has 0 N–H and O–H groups in total. The van der Waals surface area contributed by atoms with Crippen LogP contribution >= 0.6 is 11.6 Å². The van der Waals surface area contributed by atoms with Crippen molar-refractivity contribution in [3.05, 3.63) is 87.3 Å². The molecule has 3 nitrogen and oxygen atoms in total. The molecule has 1 heterocycles. The molecule has 1 aromatic heterocycles. The number of hydrogen-bond donors (Lipinski definition) is 0. The Hall–Kier alpha value is -2.52. The highest BCUT2D eigenvalue weighted by molar-refractivity contribution is 6.30. The molecule has 0 bridgehead atoms. The molecule has 2 aromatic carbocycles. The van der Waals surface area contributed by atoms with Crippen LogP contribution in [0.4, 0.5) is 0 Å². The van der Waals surface area contributed by atoms with Gasteiger partial charge in [-0.25, -0.2) is 0 Å². The predicted molar refractivity (Wildman–Crippen MR) is 98.0 cm³/mol. The van der Waals surface area contributed by atoms with Gasteiger partial charge < -0.3 is 9.30 Å². The molecule has 0 saturated carbocycles. The van der Waals surface area contributed by atoms with E-state index in [4.69, 9.17) is 16.3 Å². The smallest absolute Gasteiger partial charge is 0.251 e. The van der Waals surface area contributed by atoms with E-state index in [1.54, 1.807) is 17.7 Å². The highest BCUT2D eigenvalue weighted by Crippen LogP contribution is 2.25. The minimum Gasteiger partial charge on any atom is -0.497 e. The Balaban J connectivity index is 2.00. The second kappa shape index (κ2) is 6.93. The third-order valence-electron chi connectivity index (χ3n) is 4.11. The van der Waals surface area contributed by atoms with Gasteiger partial charge in [0.25, 0.3) is 5.56 Å². The minimum atomic E-state index is -0.0142. The van der Waals surface area contributed by atoms with E-state index in [-0.39, 0.29) is 5.56 Å². The van der Waals surface area contributed by atoms with Gasteiger partial charge in [-0.1, -0.05) is 35.9 Å². The van der Waals surface area contributed by atoms with Gasteiger partial charge in [0.15, 0.2) is 0 Å². The van der Waals surface area contributed by atoms with Crippen LogP contribution in [0, 0.1) is 6.92 Å². The normalized spacial score (nSPS) is 10.6. The summed E-state index contributed by atoms with van der Waals surface area (Å²) in [5, 5.41) is 0.690. The zero-order chi connectivity index (χ0) is 17.1. The Kier molecular flexibility index (Phi) is 4.72. The van der Waals surface area contributed by atoms with Gasteiger partial charge in [-0.15, -0.1) is 0 Å². The summed E-state index contributed by atoms with van der Waals surface area (Å²) in [7, 11) is 1.65. The van der Waals surface area contributed by atoms with E-state index >= 15 is 0 Å². The van der Waals surface area contributed by atoms with E-state index in [1.165, 1.54) is 0 Å². The minimum absolute atomic E-state index is 0.0142. The summed E-state index contributed by atoms with van der Waals surface area (Å²) in [6.45, 7) is 2.49. The monoisotopic (exact) mass is 339 g/mol. The van der Waals surface area contributed by atoms with Crippen molar-refractivity contribution in [2.45, 2.75) is 13.5 Å². The lowest BCUT2D eigenvalue weighted by atomic mass is 10.0. The first-order chi connectivity index (χ1) is 11.6. The van der Waals surface area contributed by atoms with Gasteiger partial charge in [-0.2, -0.15) is 0 Å². The Morgan fingerprint density at radius 1 is 0.958 bits per heavy atom. The van der Waals surface area contributed by atoms with E-state index in [9.17, 15) is 4.79 Å². The Labute approximate surface area is 146 Å². The fourth-order valence-corrected chi connectivity index (χ4v) is 2.85. The largest absolute Gasteiger partial charge is 0.497 e. The van der Waals surface area contributed by atoms with Gasteiger partial charge in [-0.3, -0.25) is 4.79 Å². The molecule has 0 atom stereocenters. The summed E-state index contributed by atoms with van der Waals surface area (Å²) >= 11 is 5.93. The summed E-state index contributed by atoms with van der Waals surface area (Å²) in [6, 6.07) is 18.9. The van der Waals surface area contributed by atoms with Crippen LogP contribution in [0.1, 0.15) is 11.3 Å². The number of aromatic nitrogens is 1. The lowest BCUT2D eigenvalue weighted by molar-refractivity contribution is 0.415. The van der Waals surface area contributed by atoms with Crippen molar-refractivity contribution in [2.75, 3.05) is 7.11 Å². The van der Waals surface area contributed by atoms with E-state index in [2.05, 4.69) is 0 Å². The molecule has 0 unspecified atom stereocenters. The highest BCUT2D eigenvalue weighted by Gasteiger charge is 2.09. The van der Waals surface area contributed by atoms with Crippen LogP contribution in [0.3, 0.4) is 0 Å². The maximum Gasteiger partial charge on any atom is 0.251 e. The summed E-state index contributed by atoms with van der Waals surface area (Å²) in [6.07, 6.45) is 0. The molecule has 4 heteroatoms. The average Bonchev–Trinajstić information content (AvgIpc) is 2.60. The topological polar surface area (TPSA) is 31.2 Å². The summed E-state index contributed by atoms with van der Waals surface area (Å²) in [5.41, 5.74) is 4.04. The quantitative estimate of drug-likeness (QED) is 0.699. The predicted octanol–water partition coefficient (Wildman–Crippen LogP) is 4.53. The van der Waals surface area contributed by atoms with Crippen LogP contribution in [-0.4, -0.2) is 11.7 Å². The molecular formula is C20H18ClNO2. The van der Waals surface area contributed by atoms with E-state index < -0.39 is 0 Å². The number of methoxy groups -OCH3 is 1. The lowest BCUT2D eigenvalue weighted by Gasteiger charge is -2.14. The van der Waals surface area contributed by atoms with E-state index in [1.807, 2.05) is 61.5 Å². The second-order valence-corrected chi connectivity index (χ2v) is 6.05. The van der Waals surface area contributed by atoms with Crippen LogP contribution in [0.2, 0.25) is 5.02 Å². The van der Waals surface area contributed by atoms with Crippen molar-refractivity contribution in [3.63, 3.8) is 0 Å². The number of ether oxygens (including phenoxy) is 1. The van der Waals surface area contributed by atoms with Crippen LogP contribution in [0.25, 0.3) is 11.1 Å². The van der Waals surface area contributed by atoms with Crippen molar-refractivity contribution >= 4 is 11.6 Å². The van der Waals surface area contributed by atoms with Crippen LogP contribution in [0.5, 0.6) is 5.75 Å². The van der Waals surface area contributed by atoms with Gasteiger partial charge >= 0.3 is 0 Å². The molecular weight excluding hydrogens is 322 g/mol. The molecule has 0 radical (unpaired) electrons. The maximum atomic E-state index is 12.3. The van der Waals surface area contributed by atoms with Gasteiger partial charge in [-0.05, 0) is 48.4 Å². The first kappa shape index (κ1) is 16.3. The molecule has 3 rings (SSSR count). The number of halogens is 1. The first-order valence-electron chi connectivity index (χ1n) is 7.68. The first-order valence-corrected chi connectivity index (χ1v) is 8.05.